The molecule has 1 aromatic carbocycles. The smallest absolute Gasteiger partial charge is 0.228 e. The predicted molar refractivity (Wildman–Crippen MR) is 86.7 cm³/mol. The van der Waals surface area contributed by atoms with Crippen molar-refractivity contribution in [2.24, 2.45) is 5.92 Å². The van der Waals surface area contributed by atoms with Crippen molar-refractivity contribution in [1.82, 2.24) is 4.90 Å². The molecule has 0 aliphatic carbocycles. The van der Waals surface area contributed by atoms with E-state index in [9.17, 15) is 22.4 Å². The molecular weight excluding hydrogens is 335 g/mol. The molecule has 0 radical (unpaired) electrons. The second-order valence-corrected chi connectivity index (χ2v) is 8.59. The third-order valence-corrected chi connectivity index (χ3v) is 6.47. The SMILES string of the molecule is CN(C(=O)C1CC(=O)N(c2ccccc2F)C1)C1CCS(=O)(=O)C1. The Morgan fingerprint density at radius 3 is 2.67 bits per heavy atom. The lowest BCUT2D eigenvalue weighted by atomic mass is 10.1. The molecule has 2 heterocycles. The molecule has 6 nitrogen and oxygen atoms in total. The monoisotopic (exact) mass is 354 g/mol. The van der Waals surface area contributed by atoms with Gasteiger partial charge >= 0.3 is 0 Å². The number of carbonyl (C=O) groups is 2. The van der Waals surface area contributed by atoms with Gasteiger partial charge in [0.2, 0.25) is 11.8 Å². The highest BCUT2D eigenvalue weighted by molar-refractivity contribution is 7.91. The van der Waals surface area contributed by atoms with Crippen molar-refractivity contribution >= 4 is 27.3 Å². The Morgan fingerprint density at radius 2 is 2.04 bits per heavy atom. The Balaban J connectivity index is 1.71. The summed E-state index contributed by atoms with van der Waals surface area (Å²) in [6.45, 7) is 0.114. The van der Waals surface area contributed by atoms with Crippen LogP contribution in [0.2, 0.25) is 0 Å². The van der Waals surface area contributed by atoms with Crippen molar-refractivity contribution in [3.05, 3.63) is 30.1 Å². The normalized spacial score (nSPS) is 25.9. The van der Waals surface area contributed by atoms with Crippen molar-refractivity contribution < 1.29 is 22.4 Å². The first kappa shape index (κ1) is 16.9. The van der Waals surface area contributed by atoms with E-state index in [0.29, 0.717) is 6.42 Å². The fraction of sp³-hybridized carbons (Fsp3) is 0.500. The van der Waals surface area contributed by atoms with Gasteiger partial charge < -0.3 is 9.80 Å². The van der Waals surface area contributed by atoms with Crippen LogP contribution in [-0.2, 0) is 19.4 Å². The molecule has 1 aromatic rings. The number of carbonyl (C=O) groups excluding carboxylic acids is 2. The highest BCUT2D eigenvalue weighted by Gasteiger charge is 2.40. The van der Waals surface area contributed by atoms with E-state index in [2.05, 4.69) is 0 Å². The minimum atomic E-state index is -3.09. The summed E-state index contributed by atoms with van der Waals surface area (Å²) < 4.78 is 37.0. The first-order valence-electron chi connectivity index (χ1n) is 7.80. The summed E-state index contributed by atoms with van der Waals surface area (Å²) in [5.41, 5.74) is 0.170. The van der Waals surface area contributed by atoms with E-state index in [1.165, 1.54) is 28.0 Å². The van der Waals surface area contributed by atoms with Gasteiger partial charge in [0.05, 0.1) is 23.1 Å². The van der Waals surface area contributed by atoms with Crippen LogP contribution in [-0.4, -0.2) is 56.3 Å². The maximum absolute atomic E-state index is 13.9. The van der Waals surface area contributed by atoms with Gasteiger partial charge in [-0.3, -0.25) is 9.59 Å². The molecule has 2 aliphatic heterocycles. The number of para-hydroxylation sites is 1. The molecule has 2 saturated heterocycles. The summed E-state index contributed by atoms with van der Waals surface area (Å²) in [7, 11) is -1.52. The summed E-state index contributed by atoms with van der Waals surface area (Å²) in [6.07, 6.45) is 0.430. The van der Waals surface area contributed by atoms with Crippen LogP contribution in [0.4, 0.5) is 10.1 Å². The number of nitrogens with zero attached hydrogens (tertiary/aromatic N) is 2. The van der Waals surface area contributed by atoms with Gasteiger partial charge in [-0.2, -0.15) is 0 Å². The molecule has 0 N–H and O–H groups in total. The van der Waals surface area contributed by atoms with E-state index in [1.807, 2.05) is 0 Å². The lowest BCUT2D eigenvalue weighted by Crippen LogP contribution is -2.42. The summed E-state index contributed by atoms with van der Waals surface area (Å²) in [5.74, 6) is -1.59. The maximum Gasteiger partial charge on any atom is 0.228 e. The third kappa shape index (κ3) is 3.15. The fourth-order valence-electron chi connectivity index (χ4n) is 3.33. The number of rotatable bonds is 3. The molecule has 24 heavy (non-hydrogen) atoms. The highest BCUT2D eigenvalue weighted by Crippen LogP contribution is 2.29. The molecule has 2 atom stereocenters. The van der Waals surface area contributed by atoms with Gasteiger partial charge in [-0.15, -0.1) is 0 Å². The minimum Gasteiger partial charge on any atom is -0.341 e. The number of sulfone groups is 1. The van der Waals surface area contributed by atoms with Crippen molar-refractivity contribution in [1.29, 1.82) is 0 Å². The summed E-state index contributed by atoms with van der Waals surface area (Å²) in [6, 6.07) is 5.60. The molecule has 2 aliphatic rings. The molecule has 8 heteroatoms. The van der Waals surface area contributed by atoms with E-state index in [4.69, 9.17) is 0 Å². The number of anilines is 1. The molecule has 2 fully saturated rings. The van der Waals surface area contributed by atoms with Crippen molar-refractivity contribution in [3.63, 3.8) is 0 Å². The van der Waals surface area contributed by atoms with Gasteiger partial charge in [0, 0.05) is 26.1 Å². The molecule has 130 valence electrons. The van der Waals surface area contributed by atoms with Crippen LogP contribution in [0.5, 0.6) is 0 Å². The number of hydrogen-bond acceptors (Lipinski definition) is 4. The topological polar surface area (TPSA) is 74.8 Å². The Labute approximate surface area is 140 Å². The van der Waals surface area contributed by atoms with Gasteiger partial charge in [0.15, 0.2) is 9.84 Å². The van der Waals surface area contributed by atoms with Crippen molar-refractivity contribution in [2.75, 3.05) is 30.0 Å². The van der Waals surface area contributed by atoms with Gasteiger partial charge in [0.1, 0.15) is 5.82 Å². The first-order chi connectivity index (χ1) is 11.3. The van der Waals surface area contributed by atoms with Crippen LogP contribution in [0.3, 0.4) is 0 Å². The maximum atomic E-state index is 13.9. The molecule has 3 rings (SSSR count). The summed E-state index contributed by atoms with van der Waals surface area (Å²) >= 11 is 0. The average molecular weight is 354 g/mol. The number of amides is 2. The first-order valence-corrected chi connectivity index (χ1v) is 9.62. The second-order valence-electron chi connectivity index (χ2n) is 6.36. The van der Waals surface area contributed by atoms with Crippen molar-refractivity contribution in [2.45, 2.75) is 18.9 Å². The Morgan fingerprint density at radius 1 is 1.33 bits per heavy atom. The average Bonchev–Trinajstić information content (AvgIpc) is 3.09. The largest absolute Gasteiger partial charge is 0.341 e. The number of hydrogen-bond donors (Lipinski definition) is 0. The van der Waals surface area contributed by atoms with E-state index < -0.39 is 21.6 Å². The van der Waals surface area contributed by atoms with Gasteiger partial charge in [0.25, 0.3) is 0 Å². The quantitative estimate of drug-likeness (QED) is 0.806. The van der Waals surface area contributed by atoms with Crippen molar-refractivity contribution in [3.8, 4) is 0 Å². The number of benzene rings is 1. The molecule has 0 spiro atoms. The molecular formula is C16H19FN2O4S. The van der Waals surface area contributed by atoms with Crippen LogP contribution < -0.4 is 4.90 Å². The van der Waals surface area contributed by atoms with E-state index in [1.54, 1.807) is 13.1 Å². The van der Waals surface area contributed by atoms with Crippen LogP contribution in [0.25, 0.3) is 0 Å². The third-order valence-electron chi connectivity index (χ3n) is 4.72. The van der Waals surface area contributed by atoms with E-state index in [-0.39, 0.29) is 48.0 Å². The van der Waals surface area contributed by atoms with E-state index >= 15 is 0 Å². The molecule has 2 amide bonds. The molecule has 0 aromatic heterocycles. The van der Waals surface area contributed by atoms with Crippen LogP contribution in [0.15, 0.2) is 24.3 Å². The minimum absolute atomic E-state index is 0.0109. The summed E-state index contributed by atoms with van der Waals surface area (Å²) in [5, 5.41) is 0. The standard InChI is InChI=1S/C16H19FN2O4S/c1-18(12-6-7-24(22,23)10-12)16(21)11-8-15(20)19(9-11)14-5-3-2-4-13(14)17/h2-5,11-12H,6-10H2,1H3. The highest BCUT2D eigenvalue weighted by atomic mass is 32.2. The molecule has 2 unspecified atom stereocenters. The lowest BCUT2D eigenvalue weighted by Gasteiger charge is -2.26. The Kier molecular flexibility index (Phi) is 4.33. The zero-order valence-electron chi connectivity index (χ0n) is 13.3. The predicted octanol–water partition coefficient (Wildman–Crippen LogP) is 0.824. The summed E-state index contributed by atoms with van der Waals surface area (Å²) in [4.78, 5) is 27.5. The number of halogens is 1. The van der Waals surface area contributed by atoms with Gasteiger partial charge in [-0.05, 0) is 18.6 Å². The Bertz CT molecular complexity index is 780. The Hall–Kier alpha value is -1.96. The van der Waals surface area contributed by atoms with Gasteiger partial charge in [-0.1, -0.05) is 12.1 Å². The van der Waals surface area contributed by atoms with Crippen LogP contribution in [0, 0.1) is 11.7 Å². The van der Waals surface area contributed by atoms with E-state index in [0.717, 1.165) is 0 Å². The fourth-order valence-corrected chi connectivity index (χ4v) is 5.10. The zero-order valence-corrected chi connectivity index (χ0v) is 14.1. The lowest BCUT2D eigenvalue weighted by molar-refractivity contribution is -0.136. The molecule has 0 bridgehead atoms. The molecule has 0 saturated carbocycles. The van der Waals surface area contributed by atoms with Gasteiger partial charge in [-0.25, -0.2) is 12.8 Å². The zero-order chi connectivity index (χ0) is 17.5. The second kappa shape index (κ2) is 6.16. The van der Waals surface area contributed by atoms with Crippen LogP contribution >= 0.6 is 0 Å². The van der Waals surface area contributed by atoms with Crippen LogP contribution in [0.1, 0.15) is 12.8 Å².